The van der Waals surface area contributed by atoms with E-state index in [4.69, 9.17) is 4.42 Å². The van der Waals surface area contributed by atoms with Gasteiger partial charge in [-0.15, -0.1) is 20.4 Å². The van der Waals surface area contributed by atoms with E-state index in [-0.39, 0.29) is 0 Å². The zero-order chi connectivity index (χ0) is 21.6. The standard InChI is InChI=1S/C24H27N5OS/c1-4-6-7-18-10-14-20(15-11-18)29-23(19-12-8-17(3)9-13-19)27-28-24(29)31-16-22-26-25-21(5-2)30-22/h8-15H,4-7,16H2,1-3H3. The Balaban J connectivity index is 1.66. The molecule has 4 rings (SSSR count). The summed E-state index contributed by atoms with van der Waals surface area (Å²) < 4.78 is 7.76. The van der Waals surface area contributed by atoms with Crippen LogP contribution >= 0.6 is 11.8 Å². The first-order valence-corrected chi connectivity index (χ1v) is 11.7. The lowest BCUT2D eigenvalue weighted by atomic mass is 10.1. The molecule has 2 aromatic heterocycles. The van der Waals surface area contributed by atoms with Crippen molar-refractivity contribution in [3.8, 4) is 17.1 Å². The molecular weight excluding hydrogens is 406 g/mol. The molecule has 0 bridgehead atoms. The van der Waals surface area contributed by atoms with Gasteiger partial charge in [0.25, 0.3) is 0 Å². The van der Waals surface area contributed by atoms with E-state index >= 15 is 0 Å². The molecule has 0 amide bonds. The van der Waals surface area contributed by atoms with Crippen molar-refractivity contribution in [2.24, 2.45) is 0 Å². The molecule has 160 valence electrons. The third-order valence-electron chi connectivity index (χ3n) is 5.09. The van der Waals surface area contributed by atoms with Gasteiger partial charge >= 0.3 is 0 Å². The molecule has 0 saturated heterocycles. The summed E-state index contributed by atoms with van der Waals surface area (Å²) in [6.45, 7) is 6.30. The fourth-order valence-corrected chi connectivity index (χ4v) is 4.08. The van der Waals surface area contributed by atoms with Crippen LogP contribution < -0.4 is 0 Å². The second-order valence-corrected chi connectivity index (χ2v) is 8.45. The van der Waals surface area contributed by atoms with Gasteiger partial charge in [-0.3, -0.25) is 4.57 Å². The average Bonchev–Trinajstić information content (AvgIpc) is 3.44. The van der Waals surface area contributed by atoms with Gasteiger partial charge in [0, 0.05) is 17.7 Å². The topological polar surface area (TPSA) is 69.6 Å². The van der Waals surface area contributed by atoms with Gasteiger partial charge in [-0.2, -0.15) is 0 Å². The Morgan fingerprint density at radius 2 is 1.61 bits per heavy atom. The van der Waals surface area contributed by atoms with Crippen molar-refractivity contribution < 1.29 is 4.42 Å². The molecule has 0 radical (unpaired) electrons. The van der Waals surface area contributed by atoms with E-state index in [1.165, 1.54) is 24.0 Å². The van der Waals surface area contributed by atoms with Crippen LogP contribution in [0, 0.1) is 6.92 Å². The molecular formula is C24H27N5OS. The zero-order valence-electron chi connectivity index (χ0n) is 18.2. The fourth-order valence-electron chi connectivity index (χ4n) is 3.29. The van der Waals surface area contributed by atoms with Crippen LogP contribution in [0.2, 0.25) is 0 Å². The maximum absolute atomic E-state index is 5.66. The first-order chi connectivity index (χ1) is 15.2. The minimum Gasteiger partial charge on any atom is -0.424 e. The molecule has 0 saturated carbocycles. The monoisotopic (exact) mass is 433 g/mol. The smallest absolute Gasteiger partial charge is 0.226 e. The molecule has 0 aliphatic rings. The Kier molecular flexibility index (Phi) is 6.82. The third-order valence-corrected chi connectivity index (χ3v) is 6.01. The molecule has 0 unspecified atom stereocenters. The van der Waals surface area contributed by atoms with Gasteiger partial charge in [-0.1, -0.05) is 74.0 Å². The number of nitrogens with zero attached hydrogens (tertiary/aromatic N) is 5. The number of aromatic nitrogens is 5. The first kappa shape index (κ1) is 21.3. The van der Waals surface area contributed by atoms with Crippen LogP contribution in [-0.2, 0) is 18.6 Å². The van der Waals surface area contributed by atoms with Crippen molar-refractivity contribution in [3.63, 3.8) is 0 Å². The highest BCUT2D eigenvalue weighted by molar-refractivity contribution is 7.98. The van der Waals surface area contributed by atoms with Gasteiger partial charge in [-0.25, -0.2) is 0 Å². The summed E-state index contributed by atoms with van der Waals surface area (Å²) in [6.07, 6.45) is 4.23. The molecule has 0 atom stereocenters. The summed E-state index contributed by atoms with van der Waals surface area (Å²) >= 11 is 1.55. The maximum Gasteiger partial charge on any atom is 0.226 e. The summed E-state index contributed by atoms with van der Waals surface area (Å²) in [5, 5.41) is 18.0. The van der Waals surface area contributed by atoms with E-state index in [2.05, 4.69) is 87.3 Å². The lowest BCUT2D eigenvalue weighted by Crippen LogP contribution is -2.00. The normalized spacial score (nSPS) is 11.2. The third kappa shape index (κ3) is 5.05. The Bertz CT molecular complexity index is 1120. The Morgan fingerprint density at radius 3 is 2.29 bits per heavy atom. The van der Waals surface area contributed by atoms with Gasteiger partial charge in [0.2, 0.25) is 11.8 Å². The quantitative estimate of drug-likeness (QED) is 0.310. The minimum absolute atomic E-state index is 0.549. The number of hydrogen-bond acceptors (Lipinski definition) is 6. The summed E-state index contributed by atoms with van der Waals surface area (Å²) in [6, 6.07) is 17.1. The summed E-state index contributed by atoms with van der Waals surface area (Å²) in [5.74, 6) is 2.63. The Labute approximate surface area is 187 Å². The van der Waals surface area contributed by atoms with Gasteiger partial charge in [-0.05, 0) is 37.5 Å². The van der Waals surface area contributed by atoms with E-state index < -0.39 is 0 Å². The molecule has 0 N–H and O–H groups in total. The van der Waals surface area contributed by atoms with Crippen LogP contribution in [0.3, 0.4) is 0 Å². The lowest BCUT2D eigenvalue weighted by Gasteiger charge is -2.11. The van der Waals surface area contributed by atoms with Gasteiger partial charge in [0.05, 0.1) is 5.75 Å². The van der Waals surface area contributed by atoms with E-state index in [0.29, 0.717) is 17.5 Å². The minimum atomic E-state index is 0.549. The van der Waals surface area contributed by atoms with Crippen LogP contribution in [0.25, 0.3) is 17.1 Å². The highest BCUT2D eigenvalue weighted by Gasteiger charge is 2.17. The summed E-state index contributed by atoms with van der Waals surface area (Å²) in [4.78, 5) is 0. The van der Waals surface area contributed by atoms with E-state index in [0.717, 1.165) is 35.1 Å². The number of benzene rings is 2. The zero-order valence-corrected chi connectivity index (χ0v) is 19.0. The van der Waals surface area contributed by atoms with Crippen LogP contribution in [0.1, 0.15) is 49.6 Å². The van der Waals surface area contributed by atoms with E-state index in [1.54, 1.807) is 11.8 Å². The average molecular weight is 434 g/mol. The van der Waals surface area contributed by atoms with Crippen molar-refractivity contribution in [1.29, 1.82) is 0 Å². The Hall–Kier alpha value is -2.93. The lowest BCUT2D eigenvalue weighted by molar-refractivity contribution is 0.470. The number of aryl methyl sites for hydroxylation is 3. The number of thioether (sulfide) groups is 1. The molecule has 2 aromatic carbocycles. The highest BCUT2D eigenvalue weighted by atomic mass is 32.2. The molecule has 31 heavy (non-hydrogen) atoms. The van der Waals surface area contributed by atoms with Crippen LogP contribution in [0.5, 0.6) is 0 Å². The second-order valence-electron chi connectivity index (χ2n) is 7.51. The maximum atomic E-state index is 5.66. The largest absolute Gasteiger partial charge is 0.424 e. The molecule has 2 heterocycles. The van der Waals surface area contributed by atoms with Crippen LogP contribution in [0.15, 0.2) is 58.1 Å². The van der Waals surface area contributed by atoms with E-state index in [1.807, 2.05) is 6.92 Å². The Morgan fingerprint density at radius 1 is 0.871 bits per heavy atom. The van der Waals surface area contributed by atoms with Crippen molar-refractivity contribution in [1.82, 2.24) is 25.0 Å². The van der Waals surface area contributed by atoms with E-state index in [9.17, 15) is 0 Å². The van der Waals surface area contributed by atoms with Gasteiger partial charge < -0.3 is 4.42 Å². The summed E-state index contributed by atoms with van der Waals surface area (Å²) in [7, 11) is 0. The van der Waals surface area contributed by atoms with Crippen LogP contribution in [-0.4, -0.2) is 25.0 Å². The molecule has 7 heteroatoms. The molecule has 4 aromatic rings. The molecule has 0 spiro atoms. The number of rotatable bonds is 9. The SMILES string of the molecule is CCCCc1ccc(-n2c(SCc3nnc(CC)o3)nnc2-c2ccc(C)cc2)cc1. The van der Waals surface area contributed by atoms with Gasteiger partial charge in [0.1, 0.15) is 0 Å². The van der Waals surface area contributed by atoms with Crippen LogP contribution in [0.4, 0.5) is 0 Å². The van der Waals surface area contributed by atoms with Crippen molar-refractivity contribution in [2.45, 2.75) is 57.4 Å². The number of hydrogen-bond donors (Lipinski definition) is 0. The summed E-state index contributed by atoms with van der Waals surface area (Å²) in [5.41, 5.74) is 4.64. The second kappa shape index (κ2) is 9.92. The first-order valence-electron chi connectivity index (χ1n) is 10.7. The van der Waals surface area contributed by atoms with Crippen molar-refractivity contribution in [3.05, 3.63) is 71.4 Å². The predicted octanol–water partition coefficient (Wildman–Crippen LogP) is 5.82. The fraction of sp³-hybridized carbons (Fsp3) is 0.333. The highest BCUT2D eigenvalue weighted by Crippen LogP contribution is 2.30. The van der Waals surface area contributed by atoms with Crippen molar-refractivity contribution >= 4 is 11.8 Å². The number of unbranched alkanes of at least 4 members (excludes halogenated alkanes) is 1. The van der Waals surface area contributed by atoms with Gasteiger partial charge in [0.15, 0.2) is 11.0 Å². The molecule has 0 aliphatic carbocycles. The van der Waals surface area contributed by atoms with Crippen molar-refractivity contribution in [2.75, 3.05) is 0 Å². The molecule has 0 aliphatic heterocycles. The molecule has 0 fully saturated rings. The predicted molar refractivity (Wildman–Crippen MR) is 123 cm³/mol. The molecule has 6 nitrogen and oxygen atoms in total.